The Morgan fingerprint density at radius 2 is 1.56 bits per heavy atom. The number of benzene rings is 1. The predicted molar refractivity (Wildman–Crippen MR) is 212 cm³/mol. The molecule has 17 atom stereocenters. The van der Waals surface area contributed by atoms with E-state index in [4.69, 9.17) is 28.4 Å². The van der Waals surface area contributed by atoms with Crippen LogP contribution in [0.15, 0.2) is 35.9 Å². The van der Waals surface area contributed by atoms with Crippen molar-refractivity contribution in [3.8, 4) is 5.75 Å². The van der Waals surface area contributed by atoms with Crippen LogP contribution in [0, 0.1) is 40.4 Å². The number of ketones is 1. The van der Waals surface area contributed by atoms with Crippen LogP contribution in [0.1, 0.15) is 103 Å². The van der Waals surface area contributed by atoms with Crippen LogP contribution in [0.3, 0.4) is 0 Å². The summed E-state index contributed by atoms with van der Waals surface area (Å²) >= 11 is 0. The van der Waals surface area contributed by atoms with E-state index in [1.54, 1.807) is 19.1 Å². The summed E-state index contributed by atoms with van der Waals surface area (Å²) < 4.78 is 35.2. The molecular formula is C45H66O14. The van der Waals surface area contributed by atoms with E-state index in [-0.39, 0.29) is 47.9 Å². The molecule has 1 aromatic rings. The number of methoxy groups -OCH3 is 1. The van der Waals surface area contributed by atoms with Crippen LogP contribution in [-0.4, -0.2) is 130 Å². The van der Waals surface area contributed by atoms with Crippen molar-refractivity contribution >= 4 is 11.8 Å². The standard InChI is InChI=1S/C45H66O14/c1-23(2)7-14-32(47)24(3)45(53)35(20-31-29-13-10-26-19-27(46)15-17-43(26,4)30(29)16-18-44(31,45)5)57-41-37(51)38(34(49)22-55-41)59-42-39(36(50)33(48)21-56-42)58-40(52)25-8-11-28(54-6)12-9-25/h8-12,23-24,27,29-31,33-39,41-42,46,48-51,53H,7,13-22H2,1-6H3/t24-,27+,29-,30+,31+,33-,34+,35+,36+,37-,38+,39-,41+,42+,43+,44+,45-/m1/s1. The van der Waals surface area contributed by atoms with Crippen molar-refractivity contribution in [1.82, 2.24) is 0 Å². The van der Waals surface area contributed by atoms with E-state index in [1.807, 2.05) is 0 Å². The summed E-state index contributed by atoms with van der Waals surface area (Å²) in [5.41, 5.74) is -0.953. The molecule has 5 fully saturated rings. The summed E-state index contributed by atoms with van der Waals surface area (Å²) in [6, 6.07) is 6.07. The monoisotopic (exact) mass is 830 g/mol. The van der Waals surface area contributed by atoms with Crippen molar-refractivity contribution in [3.63, 3.8) is 0 Å². The number of aliphatic hydroxyl groups excluding tert-OH is 5. The Morgan fingerprint density at radius 1 is 0.864 bits per heavy atom. The van der Waals surface area contributed by atoms with Crippen LogP contribution in [-0.2, 0) is 28.5 Å². The molecule has 14 heteroatoms. The maximum absolute atomic E-state index is 14.0. The summed E-state index contributed by atoms with van der Waals surface area (Å²) in [6.07, 6.45) is -4.92. The zero-order chi connectivity index (χ0) is 42.6. The van der Waals surface area contributed by atoms with Crippen molar-refractivity contribution in [2.45, 2.75) is 159 Å². The average molecular weight is 831 g/mol. The fourth-order valence-corrected chi connectivity index (χ4v) is 11.8. The minimum Gasteiger partial charge on any atom is -0.497 e. The van der Waals surface area contributed by atoms with Gasteiger partial charge in [-0.1, -0.05) is 46.3 Å². The first-order valence-corrected chi connectivity index (χ1v) is 21.7. The highest BCUT2D eigenvalue weighted by molar-refractivity contribution is 5.89. The van der Waals surface area contributed by atoms with Crippen LogP contribution >= 0.6 is 0 Å². The van der Waals surface area contributed by atoms with Gasteiger partial charge in [0.25, 0.3) is 0 Å². The van der Waals surface area contributed by atoms with E-state index < -0.39 is 78.2 Å². The summed E-state index contributed by atoms with van der Waals surface area (Å²) in [5, 5.41) is 68.2. The molecule has 6 N–H and O–H groups in total. The molecule has 0 unspecified atom stereocenters. The van der Waals surface area contributed by atoms with E-state index in [0.717, 1.165) is 25.7 Å². The molecule has 330 valence electrons. The smallest absolute Gasteiger partial charge is 0.338 e. The first kappa shape index (κ1) is 44.6. The molecule has 2 heterocycles. The van der Waals surface area contributed by atoms with Gasteiger partial charge in [-0.2, -0.15) is 0 Å². The Bertz CT molecular complexity index is 1680. The second kappa shape index (κ2) is 17.3. The number of ether oxygens (including phenoxy) is 6. The fourth-order valence-electron chi connectivity index (χ4n) is 11.8. The second-order valence-electron chi connectivity index (χ2n) is 19.1. The minimum atomic E-state index is -1.66. The van der Waals surface area contributed by atoms with Crippen LogP contribution in [0.5, 0.6) is 5.75 Å². The molecule has 4 aliphatic carbocycles. The van der Waals surface area contributed by atoms with Gasteiger partial charge in [0.1, 0.15) is 47.7 Å². The molecule has 7 rings (SSSR count). The number of esters is 1. The fraction of sp³-hybridized carbons (Fsp3) is 0.778. The van der Waals surface area contributed by atoms with Gasteiger partial charge in [-0.3, -0.25) is 4.79 Å². The number of rotatable bonds is 12. The first-order valence-electron chi connectivity index (χ1n) is 21.7. The van der Waals surface area contributed by atoms with Crippen molar-refractivity contribution in [1.29, 1.82) is 0 Å². The number of carbonyl (C=O) groups excluding carboxylic acids is 2. The predicted octanol–water partition coefficient (Wildman–Crippen LogP) is 3.45. The Balaban J connectivity index is 1.13. The lowest BCUT2D eigenvalue weighted by Crippen LogP contribution is -2.63. The average Bonchev–Trinajstić information content (AvgIpc) is 3.44. The summed E-state index contributed by atoms with van der Waals surface area (Å²) in [7, 11) is 1.49. The molecule has 0 amide bonds. The molecule has 3 saturated carbocycles. The van der Waals surface area contributed by atoms with Crippen molar-refractivity contribution in [2.24, 2.45) is 40.4 Å². The van der Waals surface area contributed by atoms with Crippen molar-refractivity contribution < 1.29 is 68.6 Å². The SMILES string of the molecule is COc1ccc(C(=O)O[C@H]2[C@H](O[C@@H]3[C@@H](O)[C@H](O[C@H]4C[C@H]5[C@@H]6CC=C7C[C@@H](O)CC[C@]7(C)[C@H]6CC[C@]5(C)[C@@]4(O)[C@H](C)C(=O)CCC(C)C)OC[C@@H]3O)OC[C@@H](O)[C@@H]2O)cc1. The molecular weight excluding hydrogens is 764 g/mol. The summed E-state index contributed by atoms with van der Waals surface area (Å²) in [5.74, 6) is -0.365. The zero-order valence-electron chi connectivity index (χ0n) is 35.3. The second-order valence-corrected chi connectivity index (χ2v) is 19.1. The lowest BCUT2D eigenvalue weighted by atomic mass is 9.46. The van der Waals surface area contributed by atoms with Gasteiger partial charge in [0.15, 0.2) is 18.7 Å². The topological polar surface area (TPSA) is 211 Å². The molecule has 0 radical (unpaired) electrons. The van der Waals surface area contributed by atoms with Gasteiger partial charge in [-0.25, -0.2) is 4.79 Å². The number of allylic oxidation sites excluding steroid dienone is 1. The van der Waals surface area contributed by atoms with Gasteiger partial charge in [-0.05, 0) is 105 Å². The lowest BCUT2D eigenvalue weighted by molar-refractivity contribution is -0.344. The Morgan fingerprint density at radius 3 is 2.25 bits per heavy atom. The number of hydrogen-bond acceptors (Lipinski definition) is 14. The van der Waals surface area contributed by atoms with E-state index in [9.17, 15) is 40.2 Å². The normalized spacial score (nSPS) is 43.8. The molecule has 59 heavy (non-hydrogen) atoms. The molecule has 2 saturated heterocycles. The van der Waals surface area contributed by atoms with Crippen LogP contribution in [0.25, 0.3) is 0 Å². The highest BCUT2D eigenvalue weighted by atomic mass is 16.7. The van der Waals surface area contributed by atoms with Crippen LogP contribution in [0.4, 0.5) is 0 Å². The maximum atomic E-state index is 14.0. The molecule has 6 aliphatic rings. The van der Waals surface area contributed by atoms with E-state index in [2.05, 4.69) is 33.8 Å². The largest absolute Gasteiger partial charge is 0.497 e. The third-order valence-corrected chi connectivity index (χ3v) is 15.5. The van der Waals surface area contributed by atoms with Crippen molar-refractivity contribution in [3.05, 3.63) is 41.5 Å². The highest BCUT2D eigenvalue weighted by Crippen LogP contribution is 2.69. The third kappa shape index (κ3) is 8.05. The Labute approximate surface area is 347 Å². The molecule has 0 bridgehead atoms. The number of fused-ring (bicyclic) bond motifs is 5. The quantitative estimate of drug-likeness (QED) is 0.132. The third-order valence-electron chi connectivity index (χ3n) is 15.5. The Hall–Kier alpha value is -2.50. The zero-order valence-corrected chi connectivity index (χ0v) is 35.3. The van der Waals surface area contributed by atoms with Gasteiger partial charge < -0.3 is 59.1 Å². The molecule has 14 nitrogen and oxygen atoms in total. The van der Waals surface area contributed by atoms with Gasteiger partial charge >= 0.3 is 5.97 Å². The van der Waals surface area contributed by atoms with Gasteiger partial charge in [0.05, 0.1) is 38.1 Å². The van der Waals surface area contributed by atoms with Gasteiger partial charge in [0, 0.05) is 17.8 Å². The number of carbonyl (C=O) groups is 2. The first-order chi connectivity index (χ1) is 27.9. The maximum Gasteiger partial charge on any atom is 0.338 e. The lowest BCUT2D eigenvalue weighted by Gasteiger charge is -2.59. The van der Waals surface area contributed by atoms with Gasteiger partial charge in [-0.15, -0.1) is 0 Å². The minimum absolute atomic E-state index is 0.0267. The van der Waals surface area contributed by atoms with Crippen LogP contribution < -0.4 is 4.74 Å². The number of Topliss-reactive ketones (excluding diaryl/α,β-unsaturated/α-hetero) is 1. The molecule has 2 aliphatic heterocycles. The van der Waals surface area contributed by atoms with Gasteiger partial charge in [0.2, 0.25) is 0 Å². The number of aliphatic hydroxyl groups is 6. The van der Waals surface area contributed by atoms with Crippen molar-refractivity contribution in [2.75, 3.05) is 20.3 Å². The number of hydrogen-bond donors (Lipinski definition) is 6. The Kier molecular flexibility index (Phi) is 13.1. The van der Waals surface area contributed by atoms with Crippen LogP contribution in [0.2, 0.25) is 0 Å². The summed E-state index contributed by atoms with van der Waals surface area (Å²) in [6.45, 7) is 9.62. The van der Waals surface area contributed by atoms with E-state index in [0.29, 0.717) is 49.7 Å². The molecule has 0 spiro atoms. The molecule has 1 aromatic carbocycles. The van der Waals surface area contributed by atoms with E-state index in [1.165, 1.54) is 24.8 Å². The summed E-state index contributed by atoms with van der Waals surface area (Å²) in [4.78, 5) is 27.2. The molecule has 0 aromatic heterocycles. The van der Waals surface area contributed by atoms with E-state index >= 15 is 0 Å². The highest BCUT2D eigenvalue weighted by Gasteiger charge is 2.70.